The van der Waals surface area contributed by atoms with Crippen LogP contribution >= 0.6 is 15.9 Å². The molecule has 0 unspecified atom stereocenters. The maximum absolute atomic E-state index is 9.51. The zero-order chi connectivity index (χ0) is 8.55. The van der Waals surface area contributed by atoms with Crippen molar-refractivity contribution in [3.8, 4) is 0 Å². The number of β-amino-alcohol motifs (C(OH)–C–C–N with tert-alkyl or cyclic N) is 1. The van der Waals surface area contributed by atoms with Gasteiger partial charge in [-0.05, 0) is 15.9 Å². The van der Waals surface area contributed by atoms with Crippen molar-refractivity contribution in [1.82, 2.24) is 15.1 Å². The summed E-state index contributed by atoms with van der Waals surface area (Å²) in [6, 6.07) is 0.0799. The van der Waals surface area contributed by atoms with E-state index in [1.165, 1.54) is 0 Å². The third-order valence-electron chi connectivity index (χ3n) is 2.06. The molecule has 0 spiro atoms. The van der Waals surface area contributed by atoms with Crippen molar-refractivity contribution in [3.63, 3.8) is 0 Å². The molecular formula is C7H10BrN3O. The number of rotatable bonds is 1. The molecule has 0 saturated carbocycles. The van der Waals surface area contributed by atoms with Gasteiger partial charge >= 0.3 is 0 Å². The first kappa shape index (κ1) is 8.22. The van der Waals surface area contributed by atoms with E-state index in [4.69, 9.17) is 0 Å². The van der Waals surface area contributed by atoms with Crippen LogP contribution in [0, 0.1) is 0 Å². The summed E-state index contributed by atoms with van der Waals surface area (Å²) < 4.78 is 2.73. The monoisotopic (exact) mass is 231 g/mol. The molecule has 2 rings (SSSR count). The van der Waals surface area contributed by atoms with Crippen LogP contribution in [0.4, 0.5) is 0 Å². The normalized spacial score (nSPS) is 29.5. The average Bonchev–Trinajstić information content (AvgIpc) is 2.58. The van der Waals surface area contributed by atoms with E-state index < -0.39 is 0 Å². The van der Waals surface area contributed by atoms with Gasteiger partial charge in [0.15, 0.2) is 0 Å². The minimum atomic E-state index is -0.322. The summed E-state index contributed by atoms with van der Waals surface area (Å²) in [7, 11) is 0. The van der Waals surface area contributed by atoms with Crippen molar-refractivity contribution >= 4 is 15.9 Å². The predicted molar refractivity (Wildman–Crippen MR) is 47.8 cm³/mol. The van der Waals surface area contributed by atoms with Gasteiger partial charge in [0, 0.05) is 19.3 Å². The molecule has 2 heterocycles. The Bertz CT molecular complexity index is 275. The van der Waals surface area contributed by atoms with Gasteiger partial charge < -0.3 is 10.4 Å². The second-order valence-corrected chi connectivity index (χ2v) is 3.85. The van der Waals surface area contributed by atoms with E-state index >= 15 is 0 Å². The van der Waals surface area contributed by atoms with Gasteiger partial charge in [0.1, 0.15) is 0 Å². The van der Waals surface area contributed by atoms with Gasteiger partial charge in [-0.2, -0.15) is 5.10 Å². The second kappa shape index (κ2) is 3.16. The Kier molecular flexibility index (Phi) is 2.16. The molecule has 0 amide bonds. The zero-order valence-electron chi connectivity index (χ0n) is 6.44. The second-order valence-electron chi connectivity index (χ2n) is 2.93. The lowest BCUT2D eigenvalue weighted by Gasteiger charge is -2.12. The maximum atomic E-state index is 9.51. The molecule has 2 N–H and O–H groups in total. The van der Waals surface area contributed by atoms with Crippen LogP contribution in [0.1, 0.15) is 6.04 Å². The van der Waals surface area contributed by atoms with Gasteiger partial charge in [0.25, 0.3) is 0 Å². The SMILES string of the molecule is O[C@@H]1CNC[C@H]1n1cc(Br)cn1. The van der Waals surface area contributed by atoms with E-state index in [0.717, 1.165) is 11.0 Å². The number of halogens is 1. The molecule has 12 heavy (non-hydrogen) atoms. The first-order chi connectivity index (χ1) is 5.77. The van der Waals surface area contributed by atoms with E-state index in [-0.39, 0.29) is 12.1 Å². The number of nitrogens with one attached hydrogen (secondary N) is 1. The minimum Gasteiger partial charge on any atom is -0.390 e. The van der Waals surface area contributed by atoms with Gasteiger partial charge in [-0.25, -0.2) is 0 Å². The summed E-state index contributed by atoms with van der Waals surface area (Å²) in [4.78, 5) is 0. The molecule has 0 aliphatic carbocycles. The fourth-order valence-electron chi connectivity index (χ4n) is 1.42. The van der Waals surface area contributed by atoms with Crippen molar-refractivity contribution in [2.75, 3.05) is 13.1 Å². The van der Waals surface area contributed by atoms with Crippen LogP contribution in [0.3, 0.4) is 0 Å². The molecule has 1 aromatic rings. The molecule has 4 nitrogen and oxygen atoms in total. The smallest absolute Gasteiger partial charge is 0.0915 e. The molecule has 1 aromatic heterocycles. The quantitative estimate of drug-likeness (QED) is 0.724. The van der Waals surface area contributed by atoms with E-state index in [9.17, 15) is 5.11 Å². The molecule has 1 aliphatic heterocycles. The summed E-state index contributed by atoms with van der Waals surface area (Å²) in [5, 5.41) is 16.7. The van der Waals surface area contributed by atoms with E-state index in [1.54, 1.807) is 10.9 Å². The van der Waals surface area contributed by atoms with E-state index in [1.807, 2.05) is 6.20 Å². The summed E-state index contributed by atoms with van der Waals surface area (Å²) >= 11 is 3.31. The van der Waals surface area contributed by atoms with Crippen molar-refractivity contribution in [1.29, 1.82) is 0 Å². The zero-order valence-corrected chi connectivity index (χ0v) is 8.03. The molecule has 1 fully saturated rings. The number of aromatic nitrogens is 2. The molecule has 0 bridgehead atoms. The topological polar surface area (TPSA) is 50.1 Å². The summed E-state index contributed by atoms with van der Waals surface area (Å²) in [5.74, 6) is 0. The van der Waals surface area contributed by atoms with E-state index in [0.29, 0.717) is 6.54 Å². The van der Waals surface area contributed by atoms with Crippen LogP contribution in [-0.2, 0) is 0 Å². The molecule has 0 aromatic carbocycles. The summed E-state index contributed by atoms with van der Waals surface area (Å²) in [6.45, 7) is 1.44. The molecular weight excluding hydrogens is 222 g/mol. The highest BCUT2D eigenvalue weighted by Gasteiger charge is 2.26. The molecule has 0 radical (unpaired) electrons. The first-order valence-electron chi connectivity index (χ1n) is 3.86. The highest BCUT2D eigenvalue weighted by atomic mass is 79.9. The van der Waals surface area contributed by atoms with Crippen molar-refractivity contribution in [2.45, 2.75) is 12.1 Å². The lowest BCUT2D eigenvalue weighted by atomic mass is 10.2. The lowest BCUT2D eigenvalue weighted by molar-refractivity contribution is 0.145. The third kappa shape index (κ3) is 1.39. The highest BCUT2D eigenvalue weighted by Crippen LogP contribution is 2.17. The predicted octanol–water partition coefficient (Wildman–Crippen LogP) is 0.151. The minimum absolute atomic E-state index is 0.0799. The van der Waals surface area contributed by atoms with Gasteiger partial charge in [0.05, 0.1) is 22.8 Å². The molecule has 5 heteroatoms. The van der Waals surface area contributed by atoms with Crippen LogP contribution in [0.25, 0.3) is 0 Å². The Hall–Kier alpha value is -0.390. The van der Waals surface area contributed by atoms with Crippen LogP contribution in [0.5, 0.6) is 0 Å². The Morgan fingerprint density at radius 3 is 3.00 bits per heavy atom. The number of hydrogen-bond acceptors (Lipinski definition) is 3. The van der Waals surface area contributed by atoms with Crippen LogP contribution in [0.15, 0.2) is 16.9 Å². The number of aliphatic hydroxyl groups is 1. The van der Waals surface area contributed by atoms with E-state index in [2.05, 4.69) is 26.3 Å². The fourth-order valence-corrected chi connectivity index (χ4v) is 1.72. The van der Waals surface area contributed by atoms with Crippen LogP contribution < -0.4 is 5.32 Å². The Labute approximate surface area is 78.7 Å². The standard InChI is InChI=1S/C7H10BrN3O/c8-5-1-10-11(4-5)6-2-9-3-7(6)12/h1,4,6-7,9,12H,2-3H2/t6-,7-/m1/s1. The van der Waals surface area contributed by atoms with Gasteiger partial charge in [-0.1, -0.05) is 0 Å². The number of hydrogen-bond donors (Lipinski definition) is 2. The average molecular weight is 232 g/mol. The van der Waals surface area contributed by atoms with Gasteiger partial charge in [0.2, 0.25) is 0 Å². The van der Waals surface area contributed by atoms with Crippen LogP contribution in [-0.4, -0.2) is 34.1 Å². The largest absolute Gasteiger partial charge is 0.390 e. The third-order valence-corrected chi connectivity index (χ3v) is 2.47. The van der Waals surface area contributed by atoms with Crippen molar-refractivity contribution in [2.24, 2.45) is 0 Å². The molecule has 1 saturated heterocycles. The fraction of sp³-hybridized carbons (Fsp3) is 0.571. The maximum Gasteiger partial charge on any atom is 0.0915 e. The molecule has 2 atom stereocenters. The first-order valence-corrected chi connectivity index (χ1v) is 4.65. The summed E-state index contributed by atoms with van der Waals surface area (Å²) in [6.07, 6.45) is 3.28. The lowest BCUT2D eigenvalue weighted by Crippen LogP contribution is -2.22. The highest BCUT2D eigenvalue weighted by molar-refractivity contribution is 9.10. The van der Waals surface area contributed by atoms with Gasteiger partial charge in [-0.15, -0.1) is 0 Å². The Morgan fingerprint density at radius 2 is 2.50 bits per heavy atom. The van der Waals surface area contributed by atoms with Crippen molar-refractivity contribution < 1.29 is 5.11 Å². The molecule has 1 aliphatic rings. The Balaban J connectivity index is 2.19. The number of nitrogens with zero attached hydrogens (tertiary/aromatic N) is 2. The van der Waals surface area contributed by atoms with Gasteiger partial charge in [-0.3, -0.25) is 4.68 Å². The Morgan fingerprint density at radius 1 is 1.67 bits per heavy atom. The summed E-state index contributed by atoms with van der Waals surface area (Å²) in [5.41, 5.74) is 0. The number of aliphatic hydroxyl groups excluding tert-OH is 1. The van der Waals surface area contributed by atoms with Crippen LogP contribution in [0.2, 0.25) is 0 Å². The van der Waals surface area contributed by atoms with Crippen molar-refractivity contribution in [3.05, 3.63) is 16.9 Å². The molecule has 66 valence electrons.